The van der Waals surface area contributed by atoms with Crippen LogP contribution in [-0.4, -0.2) is 22.6 Å². The van der Waals surface area contributed by atoms with E-state index in [1.807, 2.05) is 0 Å². The minimum absolute atomic E-state index is 0.189. The molecule has 0 saturated heterocycles. The minimum atomic E-state index is -0.747. The maximum atomic E-state index is 12.4. The van der Waals surface area contributed by atoms with Crippen LogP contribution in [0.4, 0.5) is 11.4 Å². The Kier molecular flexibility index (Phi) is 4.54. The second kappa shape index (κ2) is 6.78. The van der Waals surface area contributed by atoms with E-state index in [1.54, 1.807) is 42.5 Å². The SMILES string of the molecule is CC(=O)Nc1ccc(NC(=O)C(=O)c2c[nH]c3cc(Cl)ccc23)cc1. The lowest BCUT2D eigenvalue weighted by Crippen LogP contribution is -2.22. The van der Waals surface area contributed by atoms with Gasteiger partial charge in [-0.3, -0.25) is 14.4 Å². The number of carbonyl (C=O) groups is 3. The molecule has 3 aromatic rings. The molecule has 3 N–H and O–H groups in total. The first-order chi connectivity index (χ1) is 11.9. The summed E-state index contributed by atoms with van der Waals surface area (Å²) in [5.41, 5.74) is 2.02. The number of rotatable bonds is 4. The Morgan fingerprint density at radius 3 is 2.24 bits per heavy atom. The van der Waals surface area contributed by atoms with Crippen molar-refractivity contribution in [2.45, 2.75) is 6.92 Å². The number of carbonyl (C=O) groups excluding carboxylic acids is 3. The highest BCUT2D eigenvalue weighted by atomic mass is 35.5. The van der Waals surface area contributed by atoms with Crippen LogP contribution in [0.2, 0.25) is 5.02 Å². The summed E-state index contributed by atoms with van der Waals surface area (Å²) in [6.07, 6.45) is 1.49. The minimum Gasteiger partial charge on any atom is -0.360 e. The number of aromatic nitrogens is 1. The smallest absolute Gasteiger partial charge is 0.296 e. The van der Waals surface area contributed by atoms with Gasteiger partial charge < -0.3 is 15.6 Å². The van der Waals surface area contributed by atoms with Crippen LogP contribution in [0, 0.1) is 0 Å². The lowest BCUT2D eigenvalue weighted by Gasteiger charge is -2.06. The Morgan fingerprint density at radius 2 is 1.60 bits per heavy atom. The summed E-state index contributed by atoms with van der Waals surface area (Å²) in [5.74, 6) is -1.59. The second-order valence-electron chi connectivity index (χ2n) is 5.43. The van der Waals surface area contributed by atoms with Gasteiger partial charge in [-0.2, -0.15) is 0 Å². The third kappa shape index (κ3) is 3.70. The Balaban J connectivity index is 1.76. The van der Waals surface area contributed by atoms with Gasteiger partial charge in [0.25, 0.3) is 11.7 Å². The number of Topliss-reactive ketones (excluding diaryl/α,β-unsaturated/α-hetero) is 1. The molecule has 0 atom stereocenters. The van der Waals surface area contributed by atoms with E-state index in [1.165, 1.54) is 13.1 Å². The van der Waals surface area contributed by atoms with Crippen molar-refractivity contribution >= 4 is 51.5 Å². The van der Waals surface area contributed by atoms with Crippen molar-refractivity contribution in [2.75, 3.05) is 10.6 Å². The standard InChI is InChI=1S/C18H14ClN3O3/c1-10(23)21-12-3-5-13(6-4-12)22-18(25)17(24)15-9-20-16-8-11(19)2-7-14(15)16/h2-9,20H,1H3,(H,21,23)(H,22,25). The molecule has 0 aliphatic carbocycles. The average molecular weight is 356 g/mol. The zero-order valence-corrected chi connectivity index (χ0v) is 14.0. The van der Waals surface area contributed by atoms with Gasteiger partial charge in [0.15, 0.2) is 0 Å². The van der Waals surface area contributed by atoms with Gasteiger partial charge in [0, 0.05) is 40.4 Å². The largest absolute Gasteiger partial charge is 0.360 e. The summed E-state index contributed by atoms with van der Waals surface area (Å²) in [6.45, 7) is 1.41. The van der Waals surface area contributed by atoms with Gasteiger partial charge in [-0.05, 0) is 36.4 Å². The van der Waals surface area contributed by atoms with E-state index < -0.39 is 11.7 Å². The molecule has 1 aromatic heterocycles. The van der Waals surface area contributed by atoms with Gasteiger partial charge in [-0.25, -0.2) is 0 Å². The molecule has 0 aliphatic heterocycles. The maximum Gasteiger partial charge on any atom is 0.296 e. The van der Waals surface area contributed by atoms with Crippen molar-refractivity contribution in [2.24, 2.45) is 0 Å². The molecule has 0 saturated carbocycles. The van der Waals surface area contributed by atoms with E-state index in [-0.39, 0.29) is 11.5 Å². The van der Waals surface area contributed by atoms with E-state index in [0.29, 0.717) is 27.3 Å². The number of halogens is 1. The molecule has 0 aliphatic rings. The molecular weight excluding hydrogens is 342 g/mol. The average Bonchev–Trinajstić information content (AvgIpc) is 2.98. The Labute approximate surface area is 148 Å². The zero-order chi connectivity index (χ0) is 18.0. The van der Waals surface area contributed by atoms with Crippen molar-refractivity contribution in [3.05, 3.63) is 59.2 Å². The summed E-state index contributed by atoms with van der Waals surface area (Å²) in [4.78, 5) is 38.5. The quantitative estimate of drug-likeness (QED) is 0.493. The number of hydrogen-bond donors (Lipinski definition) is 3. The van der Waals surface area contributed by atoms with Crippen LogP contribution in [-0.2, 0) is 9.59 Å². The van der Waals surface area contributed by atoms with Gasteiger partial charge in [0.2, 0.25) is 5.91 Å². The van der Waals surface area contributed by atoms with Crippen LogP contribution < -0.4 is 10.6 Å². The molecular formula is C18H14ClN3O3. The first-order valence-electron chi connectivity index (χ1n) is 7.44. The highest BCUT2D eigenvalue weighted by Gasteiger charge is 2.20. The van der Waals surface area contributed by atoms with Crippen molar-refractivity contribution < 1.29 is 14.4 Å². The first kappa shape index (κ1) is 16.7. The number of amides is 2. The Hall–Kier alpha value is -3.12. The topological polar surface area (TPSA) is 91.1 Å². The van der Waals surface area contributed by atoms with E-state index in [0.717, 1.165) is 0 Å². The molecule has 25 heavy (non-hydrogen) atoms. The Bertz CT molecular complexity index is 977. The first-order valence-corrected chi connectivity index (χ1v) is 7.82. The number of aromatic amines is 1. The fourth-order valence-corrected chi connectivity index (χ4v) is 2.61. The molecule has 0 fully saturated rings. The molecule has 1 heterocycles. The number of fused-ring (bicyclic) bond motifs is 1. The van der Waals surface area contributed by atoms with Crippen LogP contribution in [0.25, 0.3) is 10.9 Å². The summed E-state index contributed by atoms with van der Waals surface area (Å²) < 4.78 is 0. The Morgan fingerprint density at radius 1 is 0.960 bits per heavy atom. The molecule has 2 aromatic carbocycles. The van der Waals surface area contributed by atoms with Crippen molar-refractivity contribution in [3.8, 4) is 0 Å². The molecule has 126 valence electrons. The highest BCUT2D eigenvalue weighted by Crippen LogP contribution is 2.23. The monoisotopic (exact) mass is 355 g/mol. The van der Waals surface area contributed by atoms with Gasteiger partial charge in [0.1, 0.15) is 0 Å². The molecule has 3 rings (SSSR count). The summed E-state index contributed by atoms with van der Waals surface area (Å²) >= 11 is 5.91. The molecule has 0 spiro atoms. The molecule has 2 amide bonds. The molecule has 6 nitrogen and oxygen atoms in total. The summed E-state index contributed by atoms with van der Waals surface area (Å²) in [7, 11) is 0. The normalized spacial score (nSPS) is 10.5. The van der Waals surface area contributed by atoms with Crippen LogP contribution in [0.15, 0.2) is 48.7 Å². The van der Waals surface area contributed by atoms with Gasteiger partial charge in [0.05, 0.1) is 5.56 Å². The lowest BCUT2D eigenvalue weighted by molar-refractivity contribution is -0.114. The maximum absolute atomic E-state index is 12.4. The zero-order valence-electron chi connectivity index (χ0n) is 13.2. The van der Waals surface area contributed by atoms with Crippen molar-refractivity contribution in [1.29, 1.82) is 0 Å². The van der Waals surface area contributed by atoms with Crippen LogP contribution >= 0.6 is 11.6 Å². The molecule has 0 unspecified atom stereocenters. The molecule has 0 radical (unpaired) electrons. The third-order valence-corrected chi connectivity index (χ3v) is 3.79. The number of nitrogens with one attached hydrogen (secondary N) is 3. The van der Waals surface area contributed by atoms with Crippen molar-refractivity contribution in [1.82, 2.24) is 4.98 Å². The van der Waals surface area contributed by atoms with Gasteiger partial charge >= 0.3 is 0 Å². The van der Waals surface area contributed by atoms with E-state index in [9.17, 15) is 14.4 Å². The highest BCUT2D eigenvalue weighted by molar-refractivity contribution is 6.48. The van der Waals surface area contributed by atoms with E-state index in [4.69, 9.17) is 11.6 Å². The van der Waals surface area contributed by atoms with Gasteiger partial charge in [-0.1, -0.05) is 17.7 Å². The second-order valence-corrected chi connectivity index (χ2v) is 5.87. The third-order valence-electron chi connectivity index (χ3n) is 3.56. The number of H-pyrrole nitrogens is 1. The fraction of sp³-hybridized carbons (Fsp3) is 0.0556. The fourth-order valence-electron chi connectivity index (χ4n) is 2.44. The van der Waals surface area contributed by atoms with E-state index >= 15 is 0 Å². The van der Waals surface area contributed by atoms with Crippen LogP contribution in [0.3, 0.4) is 0 Å². The molecule has 7 heteroatoms. The van der Waals surface area contributed by atoms with Crippen LogP contribution in [0.5, 0.6) is 0 Å². The molecule has 0 bridgehead atoms. The number of hydrogen-bond acceptors (Lipinski definition) is 3. The summed E-state index contributed by atoms with van der Waals surface area (Å²) in [5, 5.41) is 6.34. The number of ketones is 1. The number of anilines is 2. The van der Waals surface area contributed by atoms with Crippen molar-refractivity contribution in [3.63, 3.8) is 0 Å². The van der Waals surface area contributed by atoms with Crippen LogP contribution in [0.1, 0.15) is 17.3 Å². The summed E-state index contributed by atoms with van der Waals surface area (Å²) in [6, 6.07) is 11.5. The van der Waals surface area contributed by atoms with E-state index in [2.05, 4.69) is 15.6 Å². The number of benzene rings is 2. The predicted molar refractivity (Wildman–Crippen MR) is 97.0 cm³/mol. The van der Waals surface area contributed by atoms with Gasteiger partial charge in [-0.15, -0.1) is 0 Å². The lowest BCUT2D eigenvalue weighted by atomic mass is 10.1. The predicted octanol–water partition coefficient (Wildman–Crippen LogP) is 3.60.